The van der Waals surface area contributed by atoms with Gasteiger partial charge in [0.15, 0.2) is 5.65 Å². The van der Waals surface area contributed by atoms with Crippen LogP contribution in [0.1, 0.15) is 18.4 Å². The quantitative estimate of drug-likeness (QED) is 0.636. The summed E-state index contributed by atoms with van der Waals surface area (Å²) < 4.78 is 40.6. The largest absolute Gasteiger partial charge is 0.493 e. The van der Waals surface area contributed by atoms with E-state index in [0.29, 0.717) is 43.0 Å². The van der Waals surface area contributed by atoms with Crippen molar-refractivity contribution in [3.05, 3.63) is 48.3 Å². The van der Waals surface area contributed by atoms with Crippen LogP contribution in [-0.2, 0) is 16.4 Å². The van der Waals surface area contributed by atoms with Crippen LogP contribution in [0.15, 0.2) is 47.6 Å². The van der Waals surface area contributed by atoms with Crippen LogP contribution in [0.3, 0.4) is 0 Å². The van der Waals surface area contributed by atoms with E-state index in [2.05, 4.69) is 10.1 Å². The first kappa shape index (κ1) is 18.4. The Balaban J connectivity index is 1.19. The van der Waals surface area contributed by atoms with Crippen LogP contribution in [0.25, 0.3) is 5.65 Å². The lowest BCUT2D eigenvalue weighted by Crippen LogP contribution is -2.39. The first-order valence-electron chi connectivity index (χ1n) is 9.79. The average molecular weight is 414 g/mol. The number of benzene rings is 1. The minimum Gasteiger partial charge on any atom is -0.493 e. The van der Waals surface area contributed by atoms with Crippen molar-refractivity contribution in [3.63, 3.8) is 0 Å². The van der Waals surface area contributed by atoms with Gasteiger partial charge in [0.25, 0.3) is 0 Å². The van der Waals surface area contributed by atoms with Crippen molar-refractivity contribution in [3.8, 4) is 11.6 Å². The van der Waals surface area contributed by atoms with Crippen LogP contribution < -0.4 is 9.47 Å². The molecule has 0 bridgehead atoms. The number of piperidine rings is 1. The molecule has 8 nitrogen and oxygen atoms in total. The summed E-state index contributed by atoms with van der Waals surface area (Å²) in [5, 5.41) is 4.36. The van der Waals surface area contributed by atoms with Gasteiger partial charge >= 0.3 is 0 Å². The monoisotopic (exact) mass is 414 g/mol. The van der Waals surface area contributed by atoms with E-state index in [1.165, 1.54) is 0 Å². The van der Waals surface area contributed by atoms with Gasteiger partial charge in [0.2, 0.25) is 15.9 Å². The second-order valence-corrected chi connectivity index (χ2v) is 9.37. The SMILES string of the molecule is O=S(=O)(c1ccc2c(c1)CCO2)N1CCC(COc2ccc3nccn3n2)CC1. The number of aromatic nitrogens is 3. The number of rotatable bonds is 5. The van der Waals surface area contributed by atoms with Gasteiger partial charge in [-0.25, -0.2) is 17.9 Å². The van der Waals surface area contributed by atoms with E-state index in [0.717, 1.165) is 36.2 Å². The third kappa shape index (κ3) is 3.56. The molecule has 0 spiro atoms. The van der Waals surface area contributed by atoms with Crippen LogP contribution in [0.2, 0.25) is 0 Å². The maximum atomic E-state index is 13.0. The minimum atomic E-state index is -3.48. The second-order valence-electron chi connectivity index (χ2n) is 7.43. The van der Waals surface area contributed by atoms with E-state index in [1.54, 1.807) is 45.5 Å². The second kappa shape index (κ2) is 7.31. The molecule has 0 aliphatic carbocycles. The van der Waals surface area contributed by atoms with Crippen molar-refractivity contribution in [2.75, 3.05) is 26.3 Å². The lowest BCUT2D eigenvalue weighted by Gasteiger charge is -2.31. The molecule has 0 unspecified atom stereocenters. The fourth-order valence-electron chi connectivity index (χ4n) is 3.87. The summed E-state index contributed by atoms with van der Waals surface area (Å²) in [4.78, 5) is 4.52. The summed E-state index contributed by atoms with van der Waals surface area (Å²) >= 11 is 0. The van der Waals surface area contributed by atoms with Gasteiger partial charge in [-0.3, -0.25) is 0 Å². The third-order valence-corrected chi connectivity index (χ3v) is 7.46. The fraction of sp³-hybridized carbons (Fsp3) is 0.400. The number of ether oxygens (including phenoxy) is 2. The van der Waals surface area contributed by atoms with Crippen LogP contribution in [0, 0.1) is 5.92 Å². The number of imidazole rings is 1. The highest BCUT2D eigenvalue weighted by molar-refractivity contribution is 7.89. The molecule has 9 heteroatoms. The molecule has 0 amide bonds. The topological polar surface area (TPSA) is 86.0 Å². The maximum absolute atomic E-state index is 13.0. The summed E-state index contributed by atoms with van der Waals surface area (Å²) in [6.45, 7) is 2.14. The van der Waals surface area contributed by atoms with E-state index < -0.39 is 10.0 Å². The Kier molecular flexibility index (Phi) is 4.63. The smallest absolute Gasteiger partial charge is 0.243 e. The molecule has 1 aromatic carbocycles. The van der Waals surface area contributed by atoms with Gasteiger partial charge in [-0.15, -0.1) is 5.10 Å². The molecule has 0 radical (unpaired) electrons. The van der Waals surface area contributed by atoms with Crippen LogP contribution in [-0.4, -0.2) is 53.6 Å². The Hall–Kier alpha value is -2.65. The molecule has 1 saturated heterocycles. The maximum Gasteiger partial charge on any atom is 0.243 e. The zero-order chi connectivity index (χ0) is 19.8. The Morgan fingerprint density at radius 3 is 2.90 bits per heavy atom. The summed E-state index contributed by atoms with van der Waals surface area (Å²) in [5.41, 5.74) is 1.74. The number of nitrogens with zero attached hydrogens (tertiary/aromatic N) is 4. The molecule has 1 fully saturated rings. The summed E-state index contributed by atoms with van der Waals surface area (Å²) in [5.74, 6) is 1.64. The van der Waals surface area contributed by atoms with E-state index in [9.17, 15) is 8.42 Å². The molecule has 3 aromatic rings. The van der Waals surface area contributed by atoms with E-state index >= 15 is 0 Å². The van der Waals surface area contributed by atoms with Gasteiger partial charge in [0.1, 0.15) is 5.75 Å². The van der Waals surface area contributed by atoms with Crippen LogP contribution in [0.5, 0.6) is 11.6 Å². The Morgan fingerprint density at radius 1 is 1.17 bits per heavy atom. The lowest BCUT2D eigenvalue weighted by atomic mass is 9.99. The highest BCUT2D eigenvalue weighted by atomic mass is 32.2. The van der Waals surface area contributed by atoms with Crippen molar-refractivity contribution in [2.45, 2.75) is 24.2 Å². The van der Waals surface area contributed by atoms with Gasteiger partial charge in [0.05, 0.1) is 18.1 Å². The minimum absolute atomic E-state index is 0.301. The number of hydrogen-bond donors (Lipinski definition) is 0. The van der Waals surface area contributed by atoms with Crippen LogP contribution >= 0.6 is 0 Å². The first-order chi connectivity index (χ1) is 14.1. The van der Waals surface area contributed by atoms with E-state index in [1.807, 2.05) is 6.07 Å². The molecular formula is C20H22N4O4S. The molecule has 2 aliphatic heterocycles. The zero-order valence-electron chi connectivity index (χ0n) is 15.9. The predicted molar refractivity (Wildman–Crippen MR) is 106 cm³/mol. The Bertz CT molecular complexity index is 1140. The van der Waals surface area contributed by atoms with Crippen molar-refractivity contribution in [1.82, 2.24) is 18.9 Å². The standard InChI is InChI=1S/C20H22N4O4S/c25-29(26,17-1-2-18-16(13-17)7-12-27-18)23-9-5-15(6-10-23)14-28-20-4-3-19-21-8-11-24(19)22-20/h1-4,8,11,13,15H,5-7,9-10,12,14H2. The third-order valence-electron chi connectivity index (χ3n) is 5.57. The zero-order valence-corrected chi connectivity index (χ0v) is 16.7. The van der Waals surface area contributed by atoms with Gasteiger partial charge in [-0.2, -0.15) is 4.31 Å². The highest BCUT2D eigenvalue weighted by Crippen LogP contribution is 2.30. The van der Waals surface area contributed by atoms with Gasteiger partial charge in [-0.05, 0) is 48.6 Å². The molecule has 29 heavy (non-hydrogen) atoms. The van der Waals surface area contributed by atoms with Crippen LogP contribution in [0.4, 0.5) is 0 Å². The highest BCUT2D eigenvalue weighted by Gasteiger charge is 2.30. The molecule has 5 rings (SSSR count). The fourth-order valence-corrected chi connectivity index (χ4v) is 5.39. The van der Waals surface area contributed by atoms with Crippen molar-refractivity contribution in [2.24, 2.45) is 5.92 Å². The van der Waals surface area contributed by atoms with E-state index in [-0.39, 0.29) is 0 Å². The number of sulfonamides is 1. The molecule has 4 heterocycles. The summed E-state index contributed by atoms with van der Waals surface area (Å²) in [7, 11) is -3.48. The molecule has 2 aliphatic rings. The lowest BCUT2D eigenvalue weighted by molar-refractivity contribution is 0.179. The molecule has 0 atom stereocenters. The molecule has 152 valence electrons. The normalized spacial score (nSPS) is 17.9. The predicted octanol–water partition coefficient (Wildman–Crippen LogP) is 2.14. The molecule has 2 aromatic heterocycles. The number of fused-ring (bicyclic) bond motifs is 2. The van der Waals surface area contributed by atoms with Crippen molar-refractivity contribution >= 4 is 15.7 Å². The summed E-state index contributed by atoms with van der Waals surface area (Å²) in [6, 6.07) is 8.83. The van der Waals surface area contributed by atoms with Crippen molar-refractivity contribution < 1.29 is 17.9 Å². The van der Waals surface area contributed by atoms with E-state index in [4.69, 9.17) is 9.47 Å². The van der Waals surface area contributed by atoms with Gasteiger partial charge in [0, 0.05) is 38.0 Å². The first-order valence-corrected chi connectivity index (χ1v) is 11.2. The average Bonchev–Trinajstić information content (AvgIpc) is 3.40. The van der Waals surface area contributed by atoms with Crippen molar-refractivity contribution in [1.29, 1.82) is 0 Å². The molecule has 0 N–H and O–H groups in total. The summed E-state index contributed by atoms with van der Waals surface area (Å²) in [6.07, 6.45) is 5.76. The molecule has 0 saturated carbocycles. The van der Waals surface area contributed by atoms with Gasteiger partial charge < -0.3 is 9.47 Å². The molecular weight excluding hydrogens is 392 g/mol. The Morgan fingerprint density at radius 2 is 2.03 bits per heavy atom. The Labute approximate surface area is 169 Å². The number of hydrogen-bond acceptors (Lipinski definition) is 6. The van der Waals surface area contributed by atoms with Gasteiger partial charge in [-0.1, -0.05) is 0 Å².